The van der Waals surface area contributed by atoms with Crippen molar-refractivity contribution in [2.75, 3.05) is 25.0 Å². The third-order valence-corrected chi connectivity index (χ3v) is 4.33. The molecular formula is C19H24N4O. The van der Waals surface area contributed by atoms with Crippen LogP contribution in [0, 0.1) is 0 Å². The number of aromatic nitrogens is 2. The number of likely N-dealkylation sites (tertiary alicyclic amines) is 1. The van der Waals surface area contributed by atoms with Crippen LogP contribution in [-0.4, -0.2) is 40.4 Å². The van der Waals surface area contributed by atoms with Crippen LogP contribution in [0.2, 0.25) is 0 Å². The fourth-order valence-electron chi connectivity index (χ4n) is 2.95. The Morgan fingerprint density at radius 3 is 2.42 bits per heavy atom. The van der Waals surface area contributed by atoms with Crippen molar-refractivity contribution in [1.82, 2.24) is 14.9 Å². The summed E-state index contributed by atoms with van der Waals surface area (Å²) in [6, 6.07) is 10.3. The minimum atomic E-state index is 0.000218. The molecule has 0 bridgehead atoms. The minimum absolute atomic E-state index is 0.000218. The molecule has 5 nitrogen and oxygen atoms in total. The summed E-state index contributed by atoms with van der Waals surface area (Å²) < 4.78 is 0. The molecule has 2 aromatic rings. The Kier molecular flexibility index (Phi) is 5.77. The maximum atomic E-state index is 12.5. The first kappa shape index (κ1) is 16.4. The van der Waals surface area contributed by atoms with Gasteiger partial charge in [-0.25, -0.2) is 9.97 Å². The Bertz CT molecular complexity index is 634. The van der Waals surface area contributed by atoms with Crippen LogP contribution < -0.4 is 5.32 Å². The first-order valence-corrected chi connectivity index (χ1v) is 8.72. The second-order valence-electron chi connectivity index (χ2n) is 6.16. The molecule has 1 fully saturated rings. The maximum absolute atomic E-state index is 12.5. The van der Waals surface area contributed by atoms with Gasteiger partial charge in [0.05, 0.1) is 12.4 Å². The summed E-state index contributed by atoms with van der Waals surface area (Å²) in [6.07, 6.45) is 8.74. The fourth-order valence-corrected chi connectivity index (χ4v) is 2.95. The monoisotopic (exact) mass is 324 g/mol. The van der Waals surface area contributed by atoms with Gasteiger partial charge in [-0.1, -0.05) is 43.2 Å². The van der Waals surface area contributed by atoms with Gasteiger partial charge in [-0.15, -0.1) is 0 Å². The summed E-state index contributed by atoms with van der Waals surface area (Å²) >= 11 is 0. The molecule has 1 aliphatic heterocycles. The Hall–Kier alpha value is -2.43. The zero-order chi connectivity index (χ0) is 16.6. The van der Waals surface area contributed by atoms with Crippen molar-refractivity contribution in [1.29, 1.82) is 0 Å². The van der Waals surface area contributed by atoms with E-state index in [0.717, 1.165) is 38.9 Å². The molecule has 0 radical (unpaired) electrons. The van der Waals surface area contributed by atoms with Gasteiger partial charge in [0, 0.05) is 19.6 Å². The van der Waals surface area contributed by atoms with E-state index in [1.165, 1.54) is 18.4 Å². The van der Waals surface area contributed by atoms with Crippen LogP contribution in [0.1, 0.15) is 41.7 Å². The third kappa shape index (κ3) is 4.54. The van der Waals surface area contributed by atoms with Crippen LogP contribution in [0.15, 0.2) is 42.7 Å². The number of carbonyl (C=O) groups is 1. The molecule has 0 atom stereocenters. The Morgan fingerprint density at radius 1 is 1.00 bits per heavy atom. The van der Waals surface area contributed by atoms with Gasteiger partial charge in [0.25, 0.3) is 5.91 Å². The average Bonchev–Trinajstić information content (AvgIpc) is 2.92. The van der Waals surface area contributed by atoms with E-state index in [-0.39, 0.29) is 5.91 Å². The molecule has 24 heavy (non-hydrogen) atoms. The molecule has 2 heterocycles. The topological polar surface area (TPSA) is 58.1 Å². The average molecular weight is 324 g/mol. The van der Waals surface area contributed by atoms with Gasteiger partial charge >= 0.3 is 0 Å². The number of nitrogens with one attached hydrogen (secondary N) is 1. The molecule has 126 valence electrons. The summed E-state index contributed by atoms with van der Waals surface area (Å²) in [4.78, 5) is 23.0. The highest BCUT2D eigenvalue weighted by molar-refractivity contribution is 5.92. The van der Waals surface area contributed by atoms with Crippen molar-refractivity contribution in [3.8, 4) is 0 Å². The van der Waals surface area contributed by atoms with Crippen molar-refractivity contribution in [2.24, 2.45) is 0 Å². The van der Waals surface area contributed by atoms with Gasteiger partial charge in [-0.05, 0) is 24.8 Å². The van der Waals surface area contributed by atoms with E-state index < -0.39 is 0 Å². The van der Waals surface area contributed by atoms with Gasteiger partial charge in [-0.2, -0.15) is 0 Å². The molecule has 0 spiro atoms. The predicted octanol–water partition coefficient (Wildman–Crippen LogP) is 3.15. The predicted molar refractivity (Wildman–Crippen MR) is 95.0 cm³/mol. The molecule has 1 aromatic heterocycles. The van der Waals surface area contributed by atoms with Crippen LogP contribution >= 0.6 is 0 Å². The second-order valence-corrected chi connectivity index (χ2v) is 6.16. The Labute approximate surface area is 143 Å². The lowest BCUT2D eigenvalue weighted by molar-refractivity contribution is 0.0755. The van der Waals surface area contributed by atoms with Crippen molar-refractivity contribution < 1.29 is 4.79 Å². The first-order valence-electron chi connectivity index (χ1n) is 8.72. The number of hydrogen-bond acceptors (Lipinski definition) is 4. The number of carbonyl (C=O) groups excluding carboxylic acids is 1. The highest BCUT2D eigenvalue weighted by Gasteiger charge is 2.18. The highest BCUT2D eigenvalue weighted by atomic mass is 16.2. The summed E-state index contributed by atoms with van der Waals surface area (Å²) in [5, 5.41) is 3.25. The normalized spacial score (nSPS) is 14.9. The van der Waals surface area contributed by atoms with Crippen molar-refractivity contribution in [3.05, 3.63) is 54.0 Å². The van der Waals surface area contributed by atoms with Gasteiger partial charge in [0.15, 0.2) is 0 Å². The van der Waals surface area contributed by atoms with Gasteiger partial charge in [0.2, 0.25) is 0 Å². The van der Waals surface area contributed by atoms with Crippen LogP contribution in [0.25, 0.3) is 0 Å². The minimum Gasteiger partial charge on any atom is -0.368 e. The van der Waals surface area contributed by atoms with Crippen molar-refractivity contribution in [2.45, 2.75) is 32.1 Å². The lowest BCUT2D eigenvalue weighted by atomic mass is 10.1. The first-order chi connectivity index (χ1) is 11.8. The van der Waals surface area contributed by atoms with E-state index in [2.05, 4.69) is 27.4 Å². The lowest BCUT2D eigenvalue weighted by Crippen LogP contribution is -2.32. The number of hydrogen-bond donors (Lipinski definition) is 1. The van der Waals surface area contributed by atoms with Crippen LogP contribution in [0.5, 0.6) is 0 Å². The molecule has 0 unspecified atom stereocenters. The zero-order valence-electron chi connectivity index (χ0n) is 13.9. The molecule has 1 saturated heterocycles. The quantitative estimate of drug-likeness (QED) is 0.918. The summed E-state index contributed by atoms with van der Waals surface area (Å²) in [6.45, 7) is 2.45. The second kappa shape index (κ2) is 8.43. The molecule has 1 N–H and O–H groups in total. The third-order valence-electron chi connectivity index (χ3n) is 4.33. The fraction of sp³-hybridized carbons (Fsp3) is 0.421. The van der Waals surface area contributed by atoms with E-state index in [1.54, 1.807) is 12.4 Å². The lowest BCUT2D eigenvalue weighted by Gasteiger charge is -2.19. The van der Waals surface area contributed by atoms with Gasteiger partial charge in [0.1, 0.15) is 11.5 Å². The summed E-state index contributed by atoms with van der Waals surface area (Å²) in [5.74, 6) is 0.707. The van der Waals surface area contributed by atoms with E-state index in [1.807, 2.05) is 23.1 Å². The molecule has 1 aromatic carbocycles. The molecule has 1 amide bonds. The molecule has 0 aliphatic carbocycles. The molecule has 1 aliphatic rings. The number of rotatable bonds is 5. The van der Waals surface area contributed by atoms with E-state index >= 15 is 0 Å². The molecule has 3 rings (SSSR count). The number of nitrogens with zero attached hydrogens (tertiary/aromatic N) is 3. The standard InChI is InChI=1S/C19H24N4O/c24-19(23-12-6-1-2-7-13-23)17-14-22-18(15-21-17)20-11-10-16-8-4-3-5-9-16/h3-5,8-9,14-15H,1-2,6-7,10-13H2,(H,20,22). The van der Waals surface area contributed by atoms with E-state index in [4.69, 9.17) is 0 Å². The number of benzene rings is 1. The van der Waals surface area contributed by atoms with Crippen LogP contribution in [0.4, 0.5) is 5.82 Å². The van der Waals surface area contributed by atoms with Crippen molar-refractivity contribution in [3.63, 3.8) is 0 Å². The number of anilines is 1. The molecule has 0 saturated carbocycles. The number of amides is 1. The van der Waals surface area contributed by atoms with Crippen molar-refractivity contribution >= 4 is 11.7 Å². The van der Waals surface area contributed by atoms with E-state index in [9.17, 15) is 4.79 Å². The maximum Gasteiger partial charge on any atom is 0.274 e. The van der Waals surface area contributed by atoms with Crippen LogP contribution in [0.3, 0.4) is 0 Å². The summed E-state index contributed by atoms with van der Waals surface area (Å²) in [5.41, 5.74) is 1.72. The zero-order valence-corrected chi connectivity index (χ0v) is 13.9. The van der Waals surface area contributed by atoms with Crippen LogP contribution in [-0.2, 0) is 6.42 Å². The largest absolute Gasteiger partial charge is 0.368 e. The van der Waals surface area contributed by atoms with Gasteiger partial charge in [-0.3, -0.25) is 4.79 Å². The highest BCUT2D eigenvalue weighted by Crippen LogP contribution is 2.12. The molecular weight excluding hydrogens is 300 g/mol. The Balaban J connectivity index is 1.52. The SMILES string of the molecule is O=C(c1cnc(NCCc2ccccc2)cn1)N1CCCCCC1. The smallest absolute Gasteiger partial charge is 0.274 e. The van der Waals surface area contributed by atoms with Gasteiger partial charge < -0.3 is 10.2 Å². The Morgan fingerprint density at radius 2 is 1.75 bits per heavy atom. The molecule has 5 heteroatoms. The summed E-state index contributed by atoms with van der Waals surface area (Å²) in [7, 11) is 0. The van der Waals surface area contributed by atoms with E-state index in [0.29, 0.717) is 11.5 Å².